The third-order valence-electron chi connectivity index (χ3n) is 5.67. The second-order valence-corrected chi connectivity index (χ2v) is 7.89. The van der Waals surface area contributed by atoms with E-state index in [1.165, 1.54) is 69.0 Å². The lowest BCUT2D eigenvalue weighted by atomic mass is 10.1. The zero-order valence-corrected chi connectivity index (χ0v) is 17.5. The molecule has 2 aromatic carbocycles. The van der Waals surface area contributed by atoms with Crippen molar-refractivity contribution in [3.05, 3.63) is 78.6 Å². The Morgan fingerprint density at radius 1 is 0.643 bits per heavy atom. The summed E-state index contributed by atoms with van der Waals surface area (Å²) in [7, 11) is 0. The Bertz CT molecular complexity index is 680. The van der Waals surface area contributed by atoms with Crippen molar-refractivity contribution in [2.75, 3.05) is 11.4 Å². The lowest BCUT2D eigenvalue weighted by molar-refractivity contribution is 0.297. The Balaban J connectivity index is 1.50. The van der Waals surface area contributed by atoms with Gasteiger partial charge in [0.2, 0.25) is 0 Å². The van der Waals surface area contributed by atoms with Gasteiger partial charge < -0.3 is 9.80 Å². The van der Waals surface area contributed by atoms with Gasteiger partial charge in [0.15, 0.2) is 0 Å². The summed E-state index contributed by atoms with van der Waals surface area (Å²) in [6.45, 7) is 3.41. The molecule has 150 valence electrons. The molecule has 1 aliphatic rings. The highest BCUT2D eigenvalue weighted by molar-refractivity contribution is 5.53. The monoisotopic (exact) mass is 376 g/mol. The minimum Gasteiger partial charge on any atom is -0.352 e. The van der Waals surface area contributed by atoms with E-state index in [1.807, 2.05) is 0 Å². The molecule has 0 bridgehead atoms. The number of rotatable bonds is 12. The van der Waals surface area contributed by atoms with Crippen LogP contribution in [0.1, 0.15) is 76.4 Å². The van der Waals surface area contributed by atoms with Gasteiger partial charge in [0.05, 0.1) is 0 Å². The van der Waals surface area contributed by atoms with Gasteiger partial charge in [-0.2, -0.15) is 0 Å². The predicted octanol–water partition coefficient (Wildman–Crippen LogP) is 7.51. The summed E-state index contributed by atoms with van der Waals surface area (Å²) < 4.78 is 0. The van der Waals surface area contributed by atoms with Crippen LogP contribution in [0.3, 0.4) is 0 Å². The summed E-state index contributed by atoms with van der Waals surface area (Å²) >= 11 is 0. The molecule has 3 rings (SSSR count). The second kappa shape index (κ2) is 11.6. The van der Waals surface area contributed by atoms with E-state index in [9.17, 15) is 0 Å². The maximum absolute atomic E-state index is 2.50. The third kappa shape index (κ3) is 5.89. The van der Waals surface area contributed by atoms with Crippen molar-refractivity contribution in [2.45, 2.75) is 70.9 Å². The fraction of sp³-hybridized carbons (Fsp3) is 0.462. The Labute approximate surface area is 171 Å². The molecule has 0 amide bonds. The molecule has 0 fully saturated rings. The molecular formula is C26H36N2. The number of hydrogen-bond acceptors (Lipinski definition) is 2. The maximum atomic E-state index is 2.50. The van der Waals surface area contributed by atoms with Gasteiger partial charge in [-0.15, -0.1) is 0 Å². The Hall–Kier alpha value is -2.22. The number of nitrogens with zero attached hydrogens (tertiary/aromatic N) is 2. The van der Waals surface area contributed by atoms with Crippen LogP contribution >= 0.6 is 0 Å². The highest BCUT2D eigenvalue weighted by Gasteiger charge is 2.28. The smallest absolute Gasteiger partial charge is 0.132 e. The standard InChI is InChI=1S/C26H36N2/c1-2-3-4-5-6-7-8-9-16-21-27-22-23-28(25-19-14-11-15-20-25)26(27)24-17-12-10-13-18-24/h10-15,17-20,22-23,26H,2-9,16,21H2,1H3. The molecule has 2 aromatic rings. The van der Waals surface area contributed by atoms with E-state index in [1.54, 1.807) is 0 Å². The van der Waals surface area contributed by atoms with Crippen molar-refractivity contribution in [3.63, 3.8) is 0 Å². The SMILES string of the molecule is CCCCCCCCCCCN1C=CN(c2ccccc2)C1c1ccccc1. The normalized spacial score (nSPS) is 16.1. The van der Waals surface area contributed by atoms with Gasteiger partial charge in [-0.25, -0.2) is 0 Å². The molecule has 1 unspecified atom stereocenters. The Morgan fingerprint density at radius 3 is 1.86 bits per heavy atom. The third-order valence-corrected chi connectivity index (χ3v) is 5.67. The largest absolute Gasteiger partial charge is 0.352 e. The highest BCUT2D eigenvalue weighted by atomic mass is 15.4. The van der Waals surface area contributed by atoms with Crippen molar-refractivity contribution in [1.82, 2.24) is 4.90 Å². The second-order valence-electron chi connectivity index (χ2n) is 7.89. The number of unbranched alkanes of at least 4 members (excludes halogenated alkanes) is 8. The minimum atomic E-state index is 0.262. The zero-order chi connectivity index (χ0) is 19.4. The van der Waals surface area contributed by atoms with Crippen molar-refractivity contribution in [2.24, 2.45) is 0 Å². The van der Waals surface area contributed by atoms with Crippen LogP contribution in [0.5, 0.6) is 0 Å². The molecule has 0 radical (unpaired) electrons. The van der Waals surface area contributed by atoms with Crippen LogP contribution in [0.25, 0.3) is 0 Å². The summed E-state index contributed by atoms with van der Waals surface area (Å²) in [5, 5.41) is 0. The first kappa shape index (κ1) is 20.5. The van der Waals surface area contributed by atoms with Gasteiger partial charge in [-0.1, -0.05) is 107 Å². The fourth-order valence-corrected chi connectivity index (χ4v) is 4.09. The summed E-state index contributed by atoms with van der Waals surface area (Å²) in [5.74, 6) is 0. The van der Waals surface area contributed by atoms with Crippen LogP contribution in [0, 0.1) is 0 Å². The van der Waals surface area contributed by atoms with Crippen LogP contribution in [-0.4, -0.2) is 11.4 Å². The van der Waals surface area contributed by atoms with Gasteiger partial charge in [0.1, 0.15) is 6.17 Å². The number of anilines is 1. The molecule has 0 saturated carbocycles. The van der Waals surface area contributed by atoms with Crippen molar-refractivity contribution in [1.29, 1.82) is 0 Å². The van der Waals surface area contributed by atoms with E-state index in [0.717, 1.165) is 6.54 Å². The number of hydrogen-bond donors (Lipinski definition) is 0. The predicted molar refractivity (Wildman–Crippen MR) is 121 cm³/mol. The quantitative estimate of drug-likeness (QED) is 0.354. The molecule has 2 nitrogen and oxygen atoms in total. The summed E-state index contributed by atoms with van der Waals surface area (Å²) in [4.78, 5) is 4.90. The number of para-hydroxylation sites is 1. The average molecular weight is 377 g/mol. The van der Waals surface area contributed by atoms with Crippen molar-refractivity contribution < 1.29 is 0 Å². The maximum Gasteiger partial charge on any atom is 0.132 e. The Morgan fingerprint density at radius 2 is 1.21 bits per heavy atom. The van der Waals surface area contributed by atoms with E-state index < -0.39 is 0 Å². The lowest BCUT2D eigenvalue weighted by Crippen LogP contribution is -2.31. The molecule has 0 aliphatic carbocycles. The molecule has 0 N–H and O–H groups in total. The molecule has 2 heteroatoms. The van der Waals surface area contributed by atoms with Crippen LogP contribution in [0.2, 0.25) is 0 Å². The van der Waals surface area contributed by atoms with Gasteiger partial charge in [-0.05, 0) is 24.1 Å². The van der Waals surface area contributed by atoms with Gasteiger partial charge in [-0.3, -0.25) is 0 Å². The van der Waals surface area contributed by atoms with Crippen LogP contribution < -0.4 is 4.90 Å². The molecule has 0 saturated heterocycles. The van der Waals surface area contributed by atoms with Gasteiger partial charge in [0, 0.05) is 24.6 Å². The average Bonchev–Trinajstić information content (AvgIpc) is 3.18. The first-order valence-electron chi connectivity index (χ1n) is 11.2. The van der Waals surface area contributed by atoms with Crippen LogP contribution in [0.15, 0.2) is 73.1 Å². The van der Waals surface area contributed by atoms with E-state index in [4.69, 9.17) is 0 Å². The fourth-order valence-electron chi connectivity index (χ4n) is 4.09. The molecule has 0 aromatic heterocycles. The summed E-state index contributed by atoms with van der Waals surface area (Å²) in [6.07, 6.45) is 17.2. The van der Waals surface area contributed by atoms with E-state index in [0.29, 0.717) is 0 Å². The van der Waals surface area contributed by atoms with Gasteiger partial charge in [0.25, 0.3) is 0 Å². The van der Waals surface area contributed by atoms with Crippen LogP contribution in [0.4, 0.5) is 5.69 Å². The van der Waals surface area contributed by atoms with E-state index in [2.05, 4.69) is 89.8 Å². The first-order valence-corrected chi connectivity index (χ1v) is 11.2. The molecular weight excluding hydrogens is 340 g/mol. The van der Waals surface area contributed by atoms with E-state index >= 15 is 0 Å². The lowest BCUT2D eigenvalue weighted by Gasteiger charge is -2.33. The summed E-state index contributed by atoms with van der Waals surface area (Å²) in [6, 6.07) is 21.6. The Kier molecular flexibility index (Phi) is 8.49. The van der Waals surface area contributed by atoms with E-state index in [-0.39, 0.29) is 6.17 Å². The zero-order valence-electron chi connectivity index (χ0n) is 17.5. The molecule has 1 aliphatic heterocycles. The van der Waals surface area contributed by atoms with Crippen molar-refractivity contribution in [3.8, 4) is 0 Å². The van der Waals surface area contributed by atoms with Crippen molar-refractivity contribution >= 4 is 5.69 Å². The highest BCUT2D eigenvalue weighted by Crippen LogP contribution is 2.35. The molecule has 1 atom stereocenters. The topological polar surface area (TPSA) is 6.48 Å². The minimum absolute atomic E-state index is 0.262. The first-order chi connectivity index (χ1) is 13.9. The molecule has 0 spiro atoms. The molecule has 28 heavy (non-hydrogen) atoms. The number of benzene rings is 2. The van der Waals surface area contributed by atoms with Crippen LogP contribution in [-0.2, 0) is 0 Å². The van der Waals surface area contributed by atoms with Gasteiger partial charge >= 0.3 is 0 Å². The molecule has 1 heterocycles. The summed E-state index contributed by atoms with van der Waals surface area (Å²) in [5.41, 5.74) is 2.61.